The summed E-state index contributed by atoms with van der Waals surface area (Å²) in [6.07, 6.45) is 3.77. The van der Waals surface area contributed by atoms with Crippen molar-refractivity contribution in [1.29, 1.82) is 0 Å². The molecule has 0 aromatic heterocycles. The monoisotopic (exact) mass is 198 g/mol. The van der Waals surface area contributed by atoms with Gasteiger partial charge in [0.1, 0.15) is 0 Å². The smallest absolute Gasteiger partial charge is 0.0155 e. The van der Waals surface area contributed by atoms with E-state index in [0.717, 1.165) is 0 Å². The normalized spacial score (nSPS) is 10.8. The molecular weight excluding hydrogens is 180 g/mol. The van der Waals surface area contributed by atoms with Crippen molar-refractivity contribution in [2.24, 2.45) is 0 Å². The molecule has 0 amide bonds. The van der Waals surface area contributed by atoms with E-state index in [9.17, 15) is 0 Å². The van der Waals surface area contributed by atoms with Crippen molar-refractivity contribution in [3.8, 4) is 0 Å². The fourth-order valence-corrected chi connectivity index (χ4v) is 2.10. The van der Waals surface area contributed by atoms with Crippen LogP contribution in [0.5, 0.6) is 0 Å². The van der Waals surface area contributed by atoms with Crippen molar-refractivity contribution < 1.29 is 0 Å². The number of benzene rings is 2. The van der Waals surface area contributed by atoms with Gasteiger partial charge in [-0.3, -0.25) is 0 Å². The lowest BCUT2D eigenvalue weighted by molar-refractivity contribution is 0.795. The minimum atomic E-state index is 1.21. The Morgan fingerprint density at radius 3 is 2.67 bits per heavy atom. The zero-order valence-electron chi connectivity index (χ0n) is 9.59. The summed E-state index contributed by atoms with van der Waals surface area (Å²) in [5.74, 6) is 0. The van der Waals surface area contributed by atoms with E-state index in [-0.39, 0.29) is 0 Å². The van der Waals surface area contributed by atoms with Gasteiger partial charge in [-0.05, 0) is 41.7 Å². The van der Waals surface area contributed by atoms with E-state index in [1.54, 1.807) is 0 Å². The first kappa shape index (κ1) is 10.2. The van der Waals surface area contributed by atoms with Crippen LogP contribution in [0.15, 0.2) is 36.4 Å². The summed E-state index contributed by atoms with van der Waals surface area (Å²) in [6.45, 7) is 4.45. The topological polar surface area (TPSA) is 0 Å². The van der Waals surface area contributed by atoms with E-state index in [0.29, 0.717) is 0 Å². The van der Waals surface area contributed by atoms with Crippen LogP contribution in [-0.4, -0.2) is 0 Å². The third kappa shape index (κ3) is 2.20. The maximum Gasteiger partial charge on any atom is -0.0155 e. The number of hydrogen-bond donors (Lipinski definition) is 0. The Labute approximate surface area is 91.9 Å². The number of rotatable bonds is 3. The van der Waals surface area contributed by atoms with Crippen molar-refractivity contribution in [3.63, 3.8) is 0 Å². The Hall–Kier alpha value is -1.30. The average Bonchev–Trinajstić information content (AvgIpc) is 2.26. The van der Waals surface area contributed by atoms with E-state index in [2.05, 4.69) is 50.2 Å². The van der Waals surface area contributed by atoms with Gasteiger partial charge < -0.3 is 0 Å². The quantitative estimate of drug-likeness (QED) is 0.681. The lowest BCUT2D eigenvalue weighted by atomic mass is 9.99. The molecule has 0 N–H and O–H groups in total. The number of aryl methyl sites for hydroxylation is 2. The maximum atomic E-state index is 2.33. The predicted molar refractivity (Wildman–Crippen MR) is 67.3 cm³/mol. The number of unbranched alkanes of at least 4 members (excludes halogenated alkanes) is 1. The lowest BCUT2D eigenvalue weighted by Crippen LogP contribution is -1.87. The van der Waals surface area contributed by atoms with Crippen LogP contribution in [0, 0.1) is 6.92 Å². The van der Waals surface area contributed by atoms with Crippen molar-refractivity contribution in [2.75, 3.05) is 0 Å². The van der Waals surface area contributed by atoms with Crippen LogP contribution >= 0.6 is 0 Å². The first-order valence-electron chi connectivity index (χ1n) is 5.79. The second-order valence-corrected chi connectivity index (χ2v) is 4.24. The molecule has 0 spiro atoms. The summed E-state index contributed by atoms with van der Waals surface area (Å²) in [4.78, 5) is 0. The van der Waals surface area contributed by atoms with Gasteiger partial charge in [-0.2, -0.15) is 0 Å². The molecule has 0 saturated carbocycles. The van der Waals surface area contributed by atoms with Crippen molar-refractivity contribution in [2.45, 2.75) is 33.1 Å². The molecule has 0 aliphatic carbocycles. The Balaban J connectivity index is 2.43. The van der Waals surface area contributed by atoms with Crippen LogP contribution in [0.1, 0.15) is 30.9 Å². The molecule has 15 heavy (non-hydrogen) atoms. The van der Waals surface area contributed by atoms with Gasteiger partial charge in [0.05, 0.1) is 0 Å². The molecule has 0 saturated heterocycles. The van der Waals surface area contributed by atoms with Crippen LogP contribution in [0.25, 0.3) is 10.8 Å². The highest BCUT2D eigenvalue weighted by Crippen LogP contribution is 2.21. The van der Waals surface area contributed by atoms with Crippen molar-refractivity contribution in [3.05, 3.63) is 47.5 Å². The second kappa shape index (κ2) is 4.48. The highest BCUT2D eigenvalue weighted by molar-refractivity contribution is 5.86. The summed E-state index contributed by atoms with van der Waals surface area (Å²) >= 11 is 0. The van der Waals surface area contributed by atoms with E-state index in [4.69, 9.17) is 0 Å². The highest BCUT2D eigenvalue weighted by Gasteiger charge is 1.99. The summed E-state index contributed by atoms with van der Waals surface area (Å²) < 4.78 is 0. The lowest BCUT2D eigenvalue weighted by Gasteiger charge is -2.06. The SMILES string of the molecule is CCCCc1cc(C)c2ccccc2c1. The number of fused-ring (bicyclic) bond motifs is 1. The molecular formula is C15H18. The third-order valence-electron chi connectivity index (χ3n) is 2.95. The van der Waals surface area contributed by atoms with Crippen molar-refractivity contribution in [1.82, 2.24) is 0 Å². The van der Waals surface area contributed by atoms with Crippen LogP contribution in [0.2, 0.25) is 0 Å². The maximum absolute atomic E-state index is 2.33. The van der Waals surface area contributed by atoms with E-state index in [1.807, 2.05) is 0 Å². The first-order chi connectivity index (χ1) is 7.31. The molecule has 2 aromatic carbocycles. The average molecular weight is 198 g/mol. The molecule has 0 unspecified atom stereocenters. The van der Waals surface area contributed by atoms with Crippen LogP contribution in [0.4, 0.5) is 0 Å². The minimum absolute atomic E-state index is 1.21. The standard InChI is InChI=1S/C15H18/c1-3-4-7-13-10-12(2)15-9-6-5-8-14(15)11-13/h5-6,8-11H,3-4,7H2,1-2H3. The van der Waals surface area contributed by atoms with Crippen molar-refractivity contribution >= 4 is 10.8 Å². The summed E-state index contributed by atoms with van der Waals surface area (Å²) in [5, 5.41) is 2.77. The van der Waals surface area contributed by atoms with Crippen LogP contribution < -0.4 is 0 Å². The molecule has 0 radical (unpaired) electrons. The molecule has 0 heteroatoms. The zero-order valence-corrected chi connectivity index (χ0v) is 9.59. The Bertz CT molecular complexity index is 455. The predicted octanol–water partition coefficient (Wildman–Crippen LogP) is 4.49. The Kier molecular flexibility index (Phi) is 3.05. The highest BCUT2D eigenvalue weighted by atomic mass is 14.0. The van der Waals surface area contributed by atoms with E-state index >= 15 is 0 Å². The van der Waals surface area contributed by atoms with Gasteiger partial charge in [-0.1, -0.05) is 49.7 Å². The molecule has 2 aromatic rings. The van der Waals surface area contributed by atoms with Gasteiger partial charge in [0.15, 0.2) is 0 Å². The third-order valence-corrected chi connectivity index (χ3v) is 2.95. The second-order valence-electron chi connectivity index (χ2n) is 4.24. The molecule has 0 fully saturated rings. The molecule has 0 atom stereocenters. The summed E-state index contributed by atoms with van der Waals surface area (Å²) in [5.41, 5.74) is 2.88. The minimum Gasteiger partial charge on any atom is -0.0654 e. The van der Waals surface area contributed by atoms with E-state index < -0.39 is 0 Å². The van der Waals surface area contributed by atoms with Crippen LogP contribution in [0.3, 0.4) is 0 Å². The van der Waals surface area contributed by atoms with Gasteiger partial charge in [-0.25, -0.2) is 0 Å². The number of hydrogen-bond acceptors (Lipinski definition) is 0. The molecule has 0 aliphatic rings. The van der Waals surface area contributed by atoms with Gasteiger partial charge in [-0.15, -0.1) is 0 Å². The summed E-state index contributed by atoms with van der Waals surface area (Å²) in [6, 6.07) is 13.3. The Morgan fingerprint density at radius 1 is 1.07 bits per heavy atom. The molecule has 78 valence electrons. The molecule has 0 bridgehead atoms. The van der Waals surface area contributed by atoms with E-state index in [1.165, 1.54) is 41.2 Å². The van der Waals surface area contributed by atoms with Crippen LogP contribution in [-0.2, 0) is 6.42 Å². The summed E-state index contributed by atoms with van der Waals surface area (Å²) in [7, 11) is 0. The molecule has 0 aliphatic heterocycles. The Morgan fingerprint density at radius 2 is 1.87 bits per heavy atom. The molecule has 0 heterocycles. The molecule has 0 nitrogen and oxygen atoms in total. The largest absolute Gasteiger partial charge is 0.0654 e. The van der Waals surface area contributed by atoms with Gasteiger partial charge in [0, 0.05) is 0 Å². The van der Waals surface area contributed by atoms with Gasteiger partial charge >= 0.3 is 0 Å². The first-order valence-corrected chi connectivity index (χ1v) is 5.79. The molecule has 2 rings (SSSR count). The fraction of sp³-hybridized carbons (Fsp3) is 0.333. The zero-order chi connectivity index (χ0) is 10.7. The van der Waals surface area contributed by atoms with Gasteiger partial charge in [0.2, 0.25) is 0 Å². The fourth-order valence-electron chi connectivity index (χ4n) is 2.10. The van der Waals surface area contributed by atoms with Gasteiger partial charge in [0.25, 0.3) is 0 Å².